The fourth-order valence-corrected chi connectivity index (χ4v) is 58.3. The van der Waals surface area contributed by atoms with Crippen LogP contribution in [0.3, 0.4) is 0 Å². The van der Waals surface area contributed by atoms with Gasteiger partial charge < -0.3 is 0 Å². The normalized spacial score (nSPS) is 22.1. The molecule has 4 nitrogen and oxygen atoms in total. The monoisotopic (exact) mass is 680 g/mol. The Morgan fingerprint density at radius 2 is 1.69 bits per heavy atom. The van der Waals surface area contributed by atoms with Gasteiger partial charge in [-0.1, -0.05) is 6.92 Å². The number of unbranched alkanes of at least 4 members (excludes halogenated alkanes) is 9. The Morgan fingerprint density at radius 3 is 2.34 bits per heavy atom. The molecule has 29 heavy (non-hydrogen) atoms. The number of hydrogen-bond donors (Lipinski definition) is 0. The second-order valence-corrected chi connectivity index (χ2v) is 48.0. The minimum atomic E-state index is -2.45. The van der Waals surface area contributed by atoms with Gasteiger partial charge in [0.15, 0.2) is 0 Å². The van der Waals surface area contributed by atoms with Crippen LogP contribution in [0.15, 0.2) is 0 Å². The van der Waals surface area contributed by atoms with Crippen LogP contribution in [0.4, 0.5) is 0 Å². The zero-order chi connectivity index (χ0) is 21.2. The molecule has 0 bridgehead atoms. The van der Waals surface area contributed by atoms with Crippen molar-refractivity contribution < 1.29 is 15.7 Å². The van der Waals surface area contributed by atoms with E-state index >= 15 is 0 Å². The summed E-state index contributed by atoms with van der Waals surface area (Å²) in [5.74, 6) is 1.95. The van der Waals surface area contributed by atoms with E-state index in [1.165, 1.54) is 64.2 Å². The zero-order valence-electron chi connectivity index (χ0n) is 18.3. The van der Waals surface area contributed by atoms with E-state index in [-0.39, 0.29) is 17.2 Å². The van der Waals surface area contributed by atoms with Crippen molar-refractivity contribution in [3.05, 3.63) is 0 Å². The Balaban J connectivity index is 2.17. The van der Waals surface area contributed by atoms with E-state index in [9.17, 15) is 9.59 Å². The molecule has 0 saturated carbocycles. The molecule has 170 valence electrons. The summed E-state index contributed by atoms with van der Waals surface area (Å²) < 4.78 is 11.5. The van der Waals surface area contributed by atoms with Crippen LogP contribution in [0.1, 0.15) is 97.3 Å². The maximum atomic E-state index is 12.3. The number of thioether (sulfide) groups is 1. The van der Waals surface area contributed by atoms with Crippen molar-refractivity contribution in [2.24, 2.45) is 0 Å². The molecule has 0 N–H and O–H groups in total. The van der Waals surface area contributed by atoms with Crippen molar-refractivity contribution in [3.63, 3.8) is 0 Å². The molecule has 1 aliphatic rings. The van der Waals surface area contributed by atoms with E-state index in [0.717, 1.165) is 24.3 Å². The second-order valence-electron chi connectivity index (χ2n) is 7.42. The average molecular weight is 678 g/mol. The predicted octanol–water partition coefficient (Wildman–Crippen LogP) is 5.48. The Kier molecular flexibility index (Phi) is 19.9. The Hall–Kier alpha value is 1.59. The van der Waals surface area contributed by atoms with Crippen LogP contribution < -0.4 is 0 Å². The average Bonchev–Trinajstić information content (AvgIpc) is 2.73. The first-order valence-corrected chi connectivity index (χ1v) is 30.5. The van der Waals surface area contributed by atoms with Crippen LogP contribution in [0.25, 0.3) is 0 Å². The summed E-state index contributed by atoms with van der Waals surface area (Å²) in [5, 5.41) is -0.0869. The second kappa shape index (κ2) is 20.2. The third kappa shape index (κ3) is 15.9. The predicted molar refractivity (Wildman–Crippen MR) is 136 cm³/mol. The fourth-order valence-electron chi connectivity index (χ4n) is 3.19. The van der Waals surface area contributed by atoms with Crippen LogP contribution in [0.5, 0.6) is 0 Å². The Bertz CT molecular complexity index is 444. The number of carbonyl (C=O) groups is 2. The van der Waals surface area contributed by atoms with Gasteiger partial charge in [-0.25, -0.2) is 0 Å². The summed E-state index contributed by atoms with van der Waals surface area (Å²) in [6, 6.07) is 0. The van der Waals surface area contributed by atoms with Crippen LogP contribution in [-0.2, 0) is 15.7 Å². The minimum absolute atomic E-state index is 0.0285. The van der Waals surface area contributed by atoms with Gasteiger partial charge >= 0.3 is 199 Å². The van der Waals surface area contributed by atoms with E-state index in [4.69, 9.17) is 6.15 Å². The molecule has 0 aromatic rings. The van der Waals surface area contributed by atoms with Gasteiger partial charge in [-0.3, -0.25) is 0 Å². The molecule has 0 amide bonds. The molecule has 0 aromatic carbocycles. The number of carbonyl (C=O) groups excluding carboxylic acids is 2. The molecular formula is C20H40O4S3Sn2. The molecule has 1 aliphatic heterocycles. The molecule has 0 radical (unpaired) electrons. The van der Waals surface area contributed by atoms with Gasteiger partial charge in [-0.05, 0) is 0 Å². The van der Waals surface area contributed by atoms with Gasteiger partial charge in [0, 0.05) is 0 Å². The quantitative estimate of drug-likeness (QED) is 0.178. The van der Waals surface area contributed by atoms with Crippen LogP contribution in [0.2, 0.25) is 0 Å². The van der Waals surface area contributed by atoms with E-state index in [1.807, 2.05) is 15.1 Å². The molecule has 0 aromatic heterocycles. The SMILES string of the molecule is CCCCCCCCCCCC[S][SnH]1[O]C(=O)CCCC(SCC)C(=O)[O][SnH2][S]1. The van der Waals surface area contributed by atoms with E-state index in [1.54, 1.807) is 11.8 Å². The van der Waals surface area contributed by atoms with Crippen LogP contribution in [-0.4, -0.2) is 66.3 Å². The summed E-state index contributed by atoms with van der Waals surface area (Å²) in [4.78, 5) is 24.4. The van der Waals surface area contributed by atoms with Crippen molar-refractivity contribution in [2.75, 3.05) is 11.5 Å². The van der Waals surface area contributed by atoms with Gasteiger partial charge in [-0.2, -0.15) is 0 Å². The molecule has 1 fully saturated rings. The summed E-state index contributed by atoms with van der Waals surface area (Å²) in [6.07, 6.45) is 17.2. The van der Waals surface area contributed by atoms with Gasteiger partial charge in [0.05, 0.1) is 0 Å². The Morgan fingerprint density at radius 1 is 1.03 bits per heavy atom. The summed E-state index contributed by atoms with van der Waals surface area (Å²) in [5.41, 5.74) is 0. The molecule has 9 heteroatoms. The van der Waals surface area contributed by atoms with Gasteiger partial charge in [-0.15, -0.1) is 0 Å². The van der Waals surface area contributed by atoms with Gasteiger partial charge in [0.25, 0.3) is 0 Å². The van der Waals surface area contributed by atoms with E-state index in [0.29, 0.717) is 6.42 Å². The first-order valence-electron chi connectivity index (χ1n) is 11.4. The van der Waals surface area contributed by atoms with Gasteiger partial charge in [0.1, 0.15) is 0 Å². The maximum absolute atomic E-state index is 12.3. The van der Waals surface area contributed by atoms with E-state index < -0.39 is 37.6 Å². The fraction of sp³-hybridized carbons (Fsp3) is 0.900. The molecule has 1 rings (SSSR count). The van der Waals surface area contributed by atoms with Crippen molar-refractivity contribution >= 4 is 76.4 Å². The van der Waals surface area contributed by atoms with Crippen molar-refractivity contribution in [1.29, 1.82) is 0 Å². The molecule has 0 aliphatic carbocycles. The van der Waals surface area contributed by atoms with E-state index in [2.05, 4.69) is 13.8 Å². The number of rotatable bonds is 14. The van der Waals surface area contributed by atoms with Crippen LogP contribution >= 0.6 is 26.8 Å². The molecule has 2 atom stereocenters. The first kappa shape index (κ1) is 28.6. The van der Waals surface area contributed by atoms with Crippen molar-refractivity contribution in [1.82, 2.24) is 0 Å². The zero-order valence-corrected chi connectivity index (χ0v) is 28.1. The summed E-state index contributed by atoms with van der Waals surface area (Å²) in [6.45, 7) is 4.33. The number of hydrogen-bond acceptors (Lipinski definition) is 7. The van der Waals surface area contributed by atoms with Crippen molar-refractivity contribution in [2.45, 2.75) is 103 Å². The first-order chi connectivity index (χ1) is 14.2. The van der Waals surface area contributed by atoms with Crippen LogP contribution in [0, 0.1) is 0 Å². The molecule has 2 unspecified atom stereocenters. The summed E-state index contributed by atoms with van der Waals surface area (Å²) >= 11 is -2.46. The Labute approximate surface area is 204 Å². The molecular weight excluding hydrogens is 638 g/mol. The molecule has 1 saturated heterocycles. The third-order valence-corrected chi connectivity index (χ3v) is 64.2. The topological polar surface area (TPSA) is 52.6 Å². The van der Waals surface area contributed by atoms with Crippen molar-refractivity contribution in [3.8, 4) is 0 Å². The molecule has 0 spiro atoms. The third-order valence-electron chi connectivity index (χ3n) is 4.86. The summed E-state index contributed by atoms with van der Waals surface area (Å²) in [7, 11) is 1.92. The standard InChI is InChI=1S/C12H26S.C8H14O4S.S.2Sn.3H/c1-2-3-4-5-6-7-8-9-10-11-12-13;1-2-13-6(8(11)12)4-3-5-7(9)10;;;;;;/h13H,2-12H2,1H3;6H,2-5H2,1H3,(H,9,10)(H,11,12);;;;;;/q;;;+1;+2;;;/p-3. The van der Waals surface area contributed by atoms with Gasteiger partial charge in [0.2, 0.25) is 0 Å². The molecule has 1 heterocycles.